The minimum absolute atomic E-state index is 0.248. The van der Waals surface area contributed by atoms with Gasteiger partial charge in [0.2, 0.25) is 0 Å². The molecule has 0 saturated heterocycles. The first kappa shape index (κ1) is 12.0. The molecule has 0 aliphatic carbocycles. The Labute approximate surface area is 112 Å². The molecule has 0 unspecified atom stereocenters. The SMILES string of the molecule is Cn1ccnc1CN1CCCC(=O)c2ccccc21. The largest absolute Gasteiger partial charge is 0.363 e. The molecule has 0 amide bonds. The van der Waals surface area contributed by atoms with Crippen LogP contribution < -0.4 is 4.90 Å². The summed E-state index contributed by atoms with van der Waals surface area (Å²) in [4.78, 5) is 18.7. The minimum atomic E-state index is 0.248. The molecule has 0 atom stereocenters. The Kier molecular flexibility index (Phi) is 3.07. The maximum Gasteiger partial charge on any atom is 0.165 e. The lowest BCUT2D eigenvalue weighted by Gasteiger charge is -2.24. The van der Waals surface area contributed by atoms with E-state index in [9.17, 15) is 4.79 Å². The minimum Gasteiger partial charge on any atom is -0.363 e. The fourth-order valence-corrected chi connectivity index (χ4v) is 2.55. The van der Waals surface area contributed by atoms with Gasteiger partial charge >= 0.3 is 0 Å². The van der Waals surface area contributed by atoms with E-state index in [4.69, 9.17) is 0 Å². The van der Waals surface area contributed by atoms with Crippen LogP contribution in [-0.4, -0.2) is 21.9 Å². The Hall–Kier alpha value is -2.10. The molecule has 0 radical (unpaired) electrons. The smallest absolute Gasteiger partial charge is 0.165 e. The van der Waals surface area contributed by atoms with Crippen LogP contribution in [0.15, 0.2) is 36.7 Å². The predicted molar refractivity (Wildman–Crippen MR) is 74.3 cm³/mol. The molecule has 1 aromatic carbocycles. The Balaban J connectivity index is 1.95. The Morgan fingerprint density at radius 3 is 2.95 bits per heavy atom. The van der Waals surface area contributed by atoms with Crippen LogP contribution in [-0.2, 0) is 13.6 Å². The number of ketones is 1. The number of carbonyl (C=O) groups excluding carboxylic acids is 1. The number of hydrogen-bond donors (Lipinski definition) is 0. The lowest BCUT2D eigenvalue weighted by molar-refractivity contribution is 0.0984. The molecular formula is C15H17N3O. The van der Waals surface area contributed by atoms with Crippen molar-refractivity contribution < 1.29 is 4.79 Å². The van der Waals surface area contributed by atoms with E-state index in [1.807, 2.05) is 48.3 Å². The number of aryl methyl sites for hydroxylation is 1. The summed E-state index contributed by atoms with van der Waals surface area (Å²) in [6, 6.07) is 7.87. The fourth-order valence-electron chi connectivity index (χ4n) is 2.55. The van der Waals surface area contributed by atoms with E-state index >= 15 is 0 Å². The van der Waals surface area contributed by atoms with Crippen molar-refractivity contribution in [3.63, 3.8) is 0 Å². The lowest BCUT2D eigenvalue weighted by atomic mass is 10.1. The van der Waals surface area contributed by atoms with Crippen molar-refractivity contribution in [3.05, 3.63) is 48.0 Å². The van der Waals surface area contributed by atoms with Crippen LogP contribution in [0.2, 0.25) is 0 Å². The molecule has 1 aromatic heterocycles. The number of benzene rings is 1. The molecular weight excluding hydrogens is 238 g/mol. The molecule has 98 valence electrons. The van der Waals surface area contributed by atoms with Gasteiger partial charge in [-0.2, -0.15) is 0 Å². The van der Waals surface area contributed by atoms with Crippen molar-refractivity contribution in [2.75, 3.05) is 11.4 Å². The molecule has 2 aromatic rings. The molecule has 1 aliphatic heterocycles. The summed E-state index contributed by atoms with van der Waals surface area (Å²) in [5.74, 6) is 1.27. The molecule has 0 spiro atoms. The second-order valence-electron chi connectivity index (χ2n) is 4.92. The van der Waals surface area contributed by atoms with E-state index in [0.717, 1.165) is 36.6 Å². The molecule has 1 aliphatic rings. The third-order valence-corrected chi connectivity index (χ3v) is 3.63. The quantitative estimate of drug-likeness (QED) is 0.827. The lowest BCUT2D eigenvalue weighted by Crippen LogP contribution is -2.25. The molecule has 4 nitrogen and oxygen atoms in total. The molecule has 0 fully saturated rings. The van der Waals surface area contributed by atoms with Crippen LogP contribution in [0.25, 0.3) is 0 Å². The second-order valence-corrected chi connectivity index (χ2v) is 4.92. The maximum atomic E-state index is 12.1. The number of rotatable bonds is 2. The van der Waals surface area contributed by atoms with Gasteiger partial charge in [0.05, 0.1) is 6.54 Å². The third-order valence-electron chi connectivity index (χ3n) is 3.63. The average molecular weight is 255 g/mol. The van der Waals surface area contributed by atoms with Crippen molar-refractivity contribution in [2.45, 2.75) is 19.4 Å². The van der Waals surface area contributed by atoms with E-state index in [0.29, 0.717) is 6.42 Å². The zero-order valence-corrected chi connectivity index (χ0v) is 11.0. The van der Waals surface area contributed by atoms with Gasteiger partial charge in [-0.1, -0.05) is 12.1 Å². The number of aromatic nitrogens is 2. The number of anilines is 1. The van der Waals surface area contributed by atoms with E-state index in [2.05, 4.69) is 9.88 Å². The zero-order valence-electron chi connectivity index (χ0n) is 11.0. The molecule has 3 rings (SSSR count). The summed E-state index contributed by atoms with van der Waals surface area (Å²) in [5, 5.41) is 0. The standard InChI is InChI=1S/C15H17N3O/c1-17-10-8-16-15(17)11-18-9-4-7-14(19)12-5-2-3-6-13(12)18/h2-3,5-6,8,10H,4,7,9,11H2,1H3. The predicted octanol–water partition coefficient (Wildman–Crippen LogP) is 2.40. The highest BCUT2D eigenvalue weighted by atomic mass is 16.1. The van der Waals surface area contributed by atoms with E-state index in [1.54, 1.807) is 0 Å². The van der Waals surface area contributed by atoms with Gasteiger partial charge in [-0.3, -0.25) is 4.79 Å². The number of Topliss-reactive ketones (excluding diaryl/α,β-unsaturated/α-hetero) is 1. The fraction of sp³-hybridized carbons (Fsp3) is 0.333. The molecule has 19 heavy (non-hydrogen) atoms. The molecule has 0 bridgehead atoms. The van der Waals surface area contributed by atoms with Crippen LogP contribution in [0.4, 0.5) is 5.69 Å². The first-order valence-corrected chi connectivity index (χ1v) is 6.59. The summed E-state index contributed by atoms with van der Waals surface area (Å²) in [5.41, 5.74) is 1.88. The molecule has 0 saturated carbocycles. The molecule has 4 heteroatoms. The van der Waals surface area contributed by atoms with Gasteiger partial charge in [0.15, 0.2) is 5.78 Å². The van der Waals surface area contributed by atoms with Gasteiger partial charge in [-0.05, 0) is 18.6 Å². The number of hydrogen-bond acceptors (Lipinski definition) is 3. The highest BCUT2D eigenvalue weighted by Gasteiger charge is 2.21. The number of fused-ring (bicyclic) bond motifs is 1. The van der Waals surface area contributed by atoms with E-state index in [1.165, 1.54) is 0 Å². The monoisotopic (exact) mass is 255 g/mol. The number of para-hydroxylation sites is 1. The molecule has 2 heterocycles. The normalized spacial score (nSPS) is 15.2. The van der Waals surface area contributed by atoms with Crippen molar-refractivity contribution in [3.8, 4) is 0 Å². The first-order chi connectivity index (χ1) is 9.25. The molecule has 0 N–H and O–H groups in total. The number of imidazole rings is 1. The van der Waals surface area contributed by atoms with Gasteiger partial charge < -0.3 is 9.47 Å². The zero-order chi connectivity index (χ0) is 13.2. The summed E-state index contributed by atoms with van der Waals surface area (Å²) < 4.78 is 2.02. The van der Waals surface area contributed by atoms with Crippen LogP contribution in [0.1, 0.15) is 29.0 Å². The van der Waals surface area contributed by atoms with E-state index in [-0.39, 0.29) is 5.78 Å². The van der Waals surface area contributed by atoms with Crippen LogP contribution >= 0.6 is 0 Å². The first-order valence-electron chi connectivity index (χ1n) is 6.59. The van der Waals surface area contributed by atoms with Crippen molar-refractivity contribution in [1.82, 2.24) is 9.55 Å². The van der Waals surface area contributed by atoms with Gasteiger partial charge in [-0.25, -0.2) is 4.98 Å². The summed E-state index contributed by atoms with van der Waals surface area (Å²) in [7, 11) is 2.00. The number of nitrogens with zero attached hydrogens (tertiary/aromatic N) is 3. The Bertz CT molecular complexity index is 603. The van der Waals surface area contributed by atoms with Crippen LogP contribution in [0, 0.1) is 0 Å². The van der Waals surface area contributed by atoms with Crippen molar-refractivity contribution >= 4 is 11.5 Å². The highest BCUT2D eigenvalue weighted by molar-refractivity contribution is 6.01. The second kappa shape index (κ2) is 4.88. The van der Waals surface area contributed by atoms with Crippen LogP contribution in [0.5, 0.6) is 0 Å². The summed E-state index contributed by atoms with van der Waals surface area (Å²) in [6.07, 6.45) is 5.29. The summed E-state index contributed by atoms with van der Waals surface area (Å²) >= 11 is 0. The Morgan fingerprint density at radius 2 is 2.16 bits per heavy atom. The van der Waals surface area contributed by atoms with E-state index < -0.39 is 0 Å². The highest BCUT2D eigenvalue weighted by Crippen LogP contribution is 2.27. The topological polar surface area (TPSA) is 38.1 Å². The Morgan fingerprint density at radius 1 is 1.32 bits per heavy atom. The van der Waals surface area contributed by atoms with Gasteiger partial charge in [0.1, 0.15) is 5.82 Å². The van der Waals surface area contributed by atoms with Crippen molar-refractivity contribution in [2.24, 2.45) is 7.05 Å². The maximum absolute atomic E-state index is 12.1. The van der Waals surface area contributed by atoms with Gasteiger partial charge in [-0.15, -0.1) is 0 Å². The summed E-state index contributed by atoms with van der Waals surface area (Å²) in [6.45, 7) is 1.64. The van der Waals surface area contributed by atoms with Gasteiger partial charge in [0, 0.05) is 43.7 Å². The number of carbonyl (C=O) groups is 1. The third kappa shape index (κ3) is 2.26. The van der Waals surface area contributed by atoms with Crippen LogP contribution in [0.3, 0.4) is 0 Å². The average Bonchev–Trinajstić information content (AvgIpc) is 2.75. The van der Waals surface area contributed by atoms with Crippen molar-refractivity contribution in [1.29, 1.82) is 0 Å². The van der Waals surface area contributed by atoms with Gasteiger partial charge in [0.25, 0.3) is 0 Å².